The lowest BCUT2D eigenvalue weighted by molar-refractivity contribution is 0.0694. The Balaban J connectivity index is 1.90. The molecule has 1 aromatic heterocycles. The third-order valence-electron chi connectivity index (χ3n) is 4.33. The molecule has 8 nitrogen and oxygen atoms in total. The van der Waals surface area contributed by atoms with E-state index in [-0.39, 0.29) is 33.2 Å². The highest BCUT2D eigenvalue weighted by molar-refractivity contribution is 7.89. The maximum absolute atomic E-state index is 13.0. The maximum Gasteiger partial charge on any atom is 0.342 e. The molecule has 2 N–H and O–H groups in total. The van der Waals surface area contributed by atoms with Gasteiger partial charge in [-0.15, -0.1) is 0 Å². The van der Waals surface area contributed by atoms with Crippen LogP contribution in [0.25, 0.3) is 0 Å². The largest absolute Gasteiger partial charge is 0.477 e. The van der Waals surface area contributed by atoms with Crippen molar-refractivity contribution in [1.29, 1.82) is 0 Å². The first-order chi connectivity index (χ1) is 12.7. The molecule has 1 aliphatic heterocycles. The standard InChI is InChI=1S/C16H15Cl2N3O5S/c17-10-3-4-12(18)13(6-10)27(25,26)21-5-1-2-9(8-21)14-19-7-11(16(23)24)15(22)20-14/h3-4,6-7,9H,1-2,5,8H2,(H,23,24)(H,19,20,22). The van der Waals surface area contributed by atoms with E-state index in [1.54, 1.807) is 0 Å². The maximum atomic E-state index is 13.0. The predicted molar refractivity (Wildman–Crippen MR) is 99.0 cm³/mol. The van der Waals surface area contributed by atoms with E-state index in [9.17, 15) is 18.0 Å². The molecule has 3 rings (SSSR count). The Morgan fingerprint density at radius 3 is 2.74 bits per heavy atom. The van der Waals surface area contributed by atoms with E-state index in [0.717, 1.165) is 6.20 Å². The summed E-state index contributed by atoms with van der Waals surface area (Å²) in [6, 6.07) is 4.22. The van der Waals surface area contributed by atoms with E-state index < -0.39 is 27.1 Å². The average molecular weight is 432 g/mol. The SMILES string of the molecule is O=C(O)c1cnc(C2CCCN(S(=O)(=O)c3cc(Cl)ccc3Cl)C2)[nH]c1=O. The van der Waals surface area contributed by atoms with Crippen molar-refractivity contribution in [2.75, 3.05) is 13.1 Å². The number of piperidine rings is 1. The Morgan fingerprint density at radius 2 is 2.07 bits per heavy atom. The molecular weight excluding hydrogens is 417 g/mol. The number of hydrogen-bond acceptors (Lipinski definition) is 5. The van der Waals surface area contributed by atoms with Crippen molar-refractivity contribution in [3.8, 4) is 0 Å². The third kappa shape index (κ3) is 4.01. The summed E-state index contributed by atoms with van der Waals surface area (Å²) in [7, 11) is -3.88. The minimum atomic E-state index is -3.88. The summed E-state index contributed by atoms with van der Waals surface area (Å²) in [5.74, 6) is -1.50. The van der Waals surface area contributed by atoms with Gasteiger partial charge in [-0.25, -0.2) is 18.2 Å². The number of H-pyrrole nitrogens is 1. The number of nitrogens with one attached hydrogen (secondary N) is 1. The lowest BCUT2D eigenvalue weighted by atomic mass is 9.99. The van der Waals surface area contributed by atoms with Crippen LogP contribution in [0.1, 0.15) is 34.9 Å². The molecule has 0 amide bonds. The molecule has 2 heterocycles. The Hall–Kier alpha value is -1.94. The van der Waals surface area contributed by atoms with Gasteiger partial charge in [-0.1, -0.05) is 23.2 Å². The molecule has 1 unspecified atom stereocenters. The Morgan fingerprint density at radius 1 is 1.33 bits per heavy atom. The monoisotopic (exact) mass is 431 g/mol. The van der Waals surface area contributed by atoms with Crippen molar-refractivity contribution in [2.45, 2.75) is 23.7 Å². The quantitative estimate of drug-likeness (QED) is 0.765. The fraction of sp³-hybridized carbons (Fsp3) is 0.312. The number of carboxylic acids is 1. The van der Waals surface area contributed by atoms with Gasteiger partial charge >= 0.3 is 5.97 Å². The summed E-state index contributed by atoms with van der Waals surface area (Å²) in [6.07, 6.45) is 2.13. The van der Waals surface area contributed by atoms with Crippen molar-refractivity contribution in [1.82, 2.24) is 14.3 Å². The smallest absolute Gasteiger partial charge is 0.342 e. The molecule has 2 aromatic rings. The van der Waals surface area contributed by atoms with E-state index in [2.05, 4.69) is 9.97 Å². The molecule has 27 heavy (non-hydrogen) atoms. The van der Waals surface area contributed by atoms with Crippen LogP contribution in [0.3, 0.4) is 0 Å². The zero-order valence-electron chi connectivity index (χ0n) is 13.9. The molecule has 0 saturated carbocycles. The van der Waals surface area contributed by atoms with Crippen LogP contribution in [0.15, 0.2) is 34.1 Å². The molecule has 0 radical (unpaired) electrons. The topological polar surface area (TPSA) is 120 Å². The van der Waals surface area contributed by atoms with Gasteiger partial charge in [0, 0.05) is 30.2 Å². The second-order valence-corrected chi connectivity index (χ2v) is 8.84. The number of nitrogens with zero attached hydrogens (tertiary/aromatic N) is 2. The summed E-state index contributed by atoms with van der Waals surface area (Å²) in [5, 5.41) is 9.24. The molecule has 1 aromatic carbocycles. The van der Waals surface area contributed by atoms with Crippen LogP contribution in [0, 0.1) is 0 Å². The molecule has 1 aliphatic rings. The lowest BCUT2D eigenvalue weighted by Gasteiger charge is -2.31. The number of carboxylic acid groups (broad SMARTS) is 1. The molecule has 0 bridgehead atoms. The fourth-order valence-electron chi connectivity index (χ4n) is 2.97. The number of carbonyl (C=O) groups is 1. The molecule has 144 valence electrons. The Kier molecular flexibility index (Phi) is 5.57. The van der Waals surface area contributed by atoms with Gasteiger partial charge in [0.1, 0.15) is 16.3 Å². The first-order valence-corrected chi connectivity index (χ1v) is 10.2. The number of sulfonamides is 1. The van der Waals surface area contributed by atoms with Crippen molar-refractivity contribution >= 4 is 39.2 Å². The first-order valence-electron chi connectivity index (χ1n) is 7.98. The number of benzene rings is 1. The van der Waals surface area contributed by atoms with Crippen molar-refractivity contribution in [2.24, 2.45) is 0 Å². The lowest BCUT2D eigenvalue weighted by Crippen LogP contribution is -2.40. The highest BCUT2D eigenvalue weighted by Crippen LogP contribution is 2.32. The van der Waals surface area contributed by atoms with E-state index >= 15 is 0 Å². The van der Waals surface area contributed by atoms with Gasteiger partial charge in [0.25, 0.3) is 5.56 Å². The van der Waals surface area contributed by atoms with Crippen LogP contribution in [0.4, 0.5) is 0 Å². The van der Waals surface area contributed by atoms with Crippen LogP contribution in [-0.2, 0) is 10.0 Å². The summed E-state index contributed by atoms with van der Waals surface area (Å²) < 4.78 is 27.2. The number of rotatable bonds is 4. The number of hydrogen-bond donors (Lipinski definition) is 2. The molecule has 1 atom stereocenters. The highest BCUT2D eigenvalue weighted by Gasteiger charge is 2.33. The van der Waals surface area contributed by atoms with E-state index in [0.29, 0.717) is 19.4 Å². The van der Waals surface area contributed by atoms with Crippen LogP contribution < -0.4 is 5.56 Å². The minimum absolute atomic E-state index is 0.0684. The molecule has 1 fully saturated rings. The normalized spacial score (nSPS) is 18.4. The van der Waals surface area contributed by atoms with Gasteiger partial charge in [0.05, 0.1) is 5.02 Å². The molecule has 1 saturated heterocycles. The second kappa shape index (κ2) is 7.59. The Bertz CT molecular complexity index is 1050. The molecule has 0 aliphatic carbocycles. The summed E-state index contributed by atoms with van der Waals surface area (Å²) in [6.45, 7) is 0.375. The predicted octanol–water partition coefficient (Wildman–Crippen LogP) is 2.34. The Labute approximate surface area is 164 Å². The van der Waals surface area contributed by atoms with Crippen molar-refractivity contribution < 1.29 is 18.3 Å². The van der Waals surface area contributed by atoms with Crippen molar-refractivity contribution in [3.63, 3.8) is 0 Å². The zero-order chi connectivity index (χ0) is 19.8. The van der Waals surface area contributed by atoms with Crippen LogP contribution in [-0.4, -0.2) is 46.9 Å². The molecule has 0 spiro atoms. The van der Waals surface area contributed by atoms with Gasteiger partial charge in [0.15, 0.2) is 0 Å². The highest BCUT2D eigenvalue weighted by atomic mass is 35.5. The van der Waals surface area contributed by atoms with Crippen LogP contribution >= 0.6 is 23.2 Å². The number of halogens is 2. The molecular formula is C16H15Cl2N3O5S. The second-order valence-electron chi connectivity index (χ2n) is 6.09. The van der Waals surface area contributed by atoms with Crippen LogP contribution in [0.5, 0.6) is 0 Å². The van der Waals surface area contributed by atoms with Crippen LogP contribution in [0.2, 0.25) is 10.0 Å². The van der Waals surface area contributed by atoms with Gasteiger partial charge in [-0.2, -0.15) is 4.31 Å². The zero-order valence-corrected chi connectivity index (χ0v) is 16.2. The number of aromatic carboxylic acids is 1. The van der Waals surface area contributed by atoms with Gasteiger partial charge in [0.2, 0.25) is 10.0 Å². The van der Waals surface area contributed by atoms with E-state index in [4.69, 9.17) is 28.3 Å². The van der Waals surface area contributed by atoms with Gasteiger partial charge in [-0.05, 0) is 31.0 Å². The van der Waals surface area contributed by atoms with Crippen molar-refractivity contribution in [3.05, 3.63) is 56.2 Å². The van der Waals surface area contributed by atoms with Gasteiger partial charge < -0.3 is 10.1 Å². The van der Waals surface area contributed by atoms with Gasteiger partial charge in [-0.3, -0.25) is 4.79 Å². The number of aromatic amines is 1. The van der Waals surface area contributed by atoms with E-state index in [1.807, 2.05) is 0 Å². The average Bonchev–Trinajstić information content (AvgIpc) is 2.63. The summed E-state index contributed by atoms with van der Waals surface area (Å²) in [4.78, 5) is 29.2. The first kappa shape index (κ1) is 19.8. The summed E-state index contributed by atoms with van der Waals surface area (Å²) in [5.41, 5.74) is -1.24. The third-order valence-corrected chi connectivity index (χ3v) is 6.91. The fourth-order valence-corrected chi connectivity index (χ4v) is 5.23. The summed E-state index contributed by atoms with van der Waals surface area (Å²) >= 11 is 11.9. The number of aromatic nitrogens is 2. The molecule has 11 heteroatoms. The minimum Gasteiger partial charge on any atom is -0.477 e. The van der Waals surface area contributed by atoms with E-state index in [1.165, 1.54) is 22.5 Å².